The van der Waals surface area contributed by atoms with Crippen LogP contribution >= 0.6 is 11.8 Å². The van der Waals surface area contributed by atoms with Crippen molar-refractivity contribution < 1.29 is 9.21 Å². The molecule has 0 saturated heterocycles. The van der Waals surface area contributed by atoms with Crippen molar-refractivity contribution in [3.8, 4) is 0 Å². The maximum atomic E-state index is 11.9. The molecule has 1 amide bonds. The number of hydrogen-bond acceptors (Lipinski definition) is 6. The number of nitrogens with one attached hydrogen (secondary N) is 2. The van der Waals surface area contributed by atoms with Gasteiger partial charge in [0, 0.05) is 23.1 Å². The van der Waals surface area contributed by atoms with Gasteiger partial charge in [0.1, 0.15) is 6.04 Å². The second kappa shape index (κ2) is 5.26. The number of aromatic nitrogens is 2. The van der Waals surface area contributed by atoms with Gasteiger partial charge >= 0.3 is 0 Å². The van der Waals surface area contributed by atoms with Crippen LogP contribution in [0.25, 0.3) is 0 Å². The molecule has 1 aromatic carbocycles. The number of likely N-dealkylation sites (N-methyl/N-ethyl adjacent to an activating group) is 1. The lowest BCUT2D eigenvalue weighted by atomic mass is 10.1. The van der Waals surface area contributed by atoms with E-state index in [0.717, 1.165) is 22.7 Å². The third-order valence-electron chi connectivity index (χ3n) is 2.98. The number of rotatable bonds is 4. The molecule has 20 heavy (non-hydrogen) atoms. The predicted octanol–water partition coefficient (Wildman–Crippen LogP) is 2.13. The number of hydrogen-bond donors (Lipinski definition) is 2. The number of carbonyl (C=O) groups excluding carboxylic acids is 1. The summed E-state index contributed by atoms with van der Waals surface area (Å²) in [5.41, 5.74) is 1.81. The molecule has 0 fully saturated rings. The fourth-order valence-corrected chi connectivity index (χ4v) is 2.89. The Hall–Kier alpha value is -1.86. The highest BCUT2D eigenvalue weighted by molar-refractivity contribution is 7.99. The van der Waals surface area contributed by atoms with Gasteiger partial charge in [-0.05, 0) is 30.4 Å². The molecule has 0 bridgehead atoms. The summed E-state index contributed by atoms with van der Waals surface area (Å²) in [4.78, 5) is 12.8. The molecule has 3 rings (SSSR count). The lowest BCUT2D eigenvalue weighted by Gasteiger charge is -2.09. The zero-order valence-corrected chi connectivity index (χ0v) is 12.0. The van der Waals surface area contributed by atoms with Crippen LogP contribution in [0.1, 0.15) is 24.4 Å². The number of aryl methyl sites for hydroxylation is 1. The van der Waals surface area contributed by atoms with E-state index >= 15 is 0 Å². The lowest BCUT2D eigenvalue weighted by Crippen LogP contribution is -2.27. The molecule has 0 spiro atoms. The largest absolute Gasteiger partial charge is 0.416 e. The van der Waals surface area contributed by atoms with Crippen molar-refractivity contribution in [3.63, 3.8) is 0 Å². The molecule has 1 unspecified atom stereocenters. The van der Waals surface area contributed by atoms with Gasteiger partial charge in [-0.25, -0.2) is 0 Å². The summed E-state index contributed by atoms with van der Waals surface area (Å²) in [5.74, 6) is 0.520. The van der Waals surface area contributed by atoms with Crippen molar-refractivity contribution >= 4 is 23.4 Å². The highest BCUT2D eigenvalue weighted by Crippen LogP contribution is 2.36. The van der Waals surface area contributed by atoms with Gasteiger partial charge in [0.2, 0.25) is 11.8 Å². The first-order chi connectivity index (χ1) is 9.67. The molecular formula is C13H14N4O2S. The van der Waals surface area contributed by atoms with E-state index in [2.05, 4.69) is 20.8 Å². The van der Waals surface area contributed by atoms with Gasteiger partial charge in [-0.15, -0.1) is 10.2 Å². The van der Waals surface area contributed by atoms with E-state index in [4.69, 9.17) is 4.42 Å². The van der Waals surface area contributed by atoms with Crippen molar-refractivity contribution in [2.24, 2.45) is 0 Å². The first-order valence-corrected chi connectivity index (χ1v) is 7.15. The van der Waals surface area contributed by atoms with Gasteiger partial charge in [-0.3, -0.25) is 4.79 Å². The van der Waals surface area contributed by atoms with Crippen LogP contribution in [0.3, 0.4) is 0 Å². The average molecular weight is 290 g/mol. The summed E-state index contributed by atoms with van der Waals surface area (Å²) in [7, 11) is 0. The van der Waals surface area contributed by atoms with E-state index in [0.29, 0.717) is 11.1 Å². The van der Waals surface area contributed by atoms with Gasteiger partial charge in [0.05, 0.1) is 0 Å². The first kappa shape index (κ1) is 13.1. The molecule has 7 heteroatoms. The van der Waals surface area contributed by atoms with Crippen LogP contribution in [0.4, 0.5) is 5.69 Å². The third kappa shape index (κ3) is 2.41. The minimum atomic E-state index is -0.264. The molecular weight excluding hydrogens is 276 g/mol. The number of amides is 1. The number of benzene rings is 1. The van der Waals surface area contributed by atoms with E-state index in [1.165, 1.54) is 11.8 Å². The van der Waals surface area contributed by atoms with Crippen LogP contribution in [0.2, 0.25) is 0 Å². The van der Waals surface area contributed by atoms with Crippen LogP contribution in [0.5, 0.6) is 0 Å². The highest BCUT2D eigenvalue weighted by Gasteiger charge is 2.29. The molecule has 6 nitrogen and oxygen atoms in total. The van der Waals surface area contributed by atoms with Gasteiger partial charge in [-0.1, -0.05) is 13.0 Å². The number of nitrogens with zero attached hydrogens (tertiary/aromatic N) is 2. The molecule has 0 saturated carbocycles. The molecule has 104 valence electrons. The number of carbonyl (C=O) groups is 1. The molecule has 1 aliphatic rings. The average Bonchev–Trinajstić information content (AvgIpc) is 2.94. The Balaban J connectivity index is 1.84. The zero-order valence-electron chi connectivity index (χ0n) is 11.1. The maximum absolute atomic E-state index is 11.9. The Kier molecular flexibility index (Phi) is 3.45. The van der Waals surface area contributed by atoms with Gasteiger partial charge in [0.25, 0.3) is 5.22 Å². The van der Waals surface area contributed by atoms with Crippen LogP contribution < -0.4 is 10.6 Å². The van der Waals surface area contributed by atoms with E-state index in [1.54, 1.807) is 6.92 Å². The third-order valence-corrected chi connectivity index (χ3v) is 3.81. The summed E-state index contributed by atoms with van der Waals surface area (Å²) < 4.78 is 5.33. The predicted molar refractivity (Wildman–Crippen MR) is 74.6 cm³/mol. The fourth-order valence-electron chi connectivity index (χ4n) is 2.13. The molecule has 2 N–H and O–H groups in total. The van der Waals surface area contributed by atoms with Gasteiger partial charge in [0.15, 0.2) is 0 Å². The highest BCUT2D eigenvalue weighted by atomic mass is 32.2. The van der Waals surface area contributed by atoms with Crippen LogP contribution in [0.15, 0.2) is 32.7 Å². The van der Waals surface area contributed by atoms with Gasteiger partial charge < -0.3 is 15.1 Å². The van der Waals surface area contributed by atoms with Crippen LogP contribution in [-0.4, -0.2) is 22.6 Å². The Morgan fingerprint density at radius 1 is 1.45 bits per heavy atom. The van der Waals surface area contributed by atoms with Gasteiger partial charge in [-0.2, -0.15) is 0 Å². The zero-order chi connectivity index (χ0) is 14.1. The van der Waals surface area contributed by atoms with Crippen molar-refractivity contribution in [1.82, 2.24) is 15.5 Å². The Morgan fingerprint density at radius 3 is 3.00 bits per heavy atom. The maximum Gasteiger partial charge on any atom is 0.281 e. The molecule has 2 heterocycles. The molecule has 1 aliphatic heterocycles. The summed E-state index contributed by atoms with van der Waals surface area (Å²) in [6.45, 7) is 4.48. The van der Waals surface area contributed by atoms with Crippen LogP contribution in [0, 0.1) is 6.92 Å². The summed E-state index contributed by atoms with van der Waals surface area (Å²) in [6.07, 6.45) is 0. The second-order valence-corrected chi connectivity index (χ2v) is 5.44. The van der Waals surface area contributed by atoms with E-state index in [1.807, 2.05) is 25.1 Å². The molecule has 0 aliphatic carbocycles. The fraction of sp³-hybridized carbons (Fsp3) is 0.308. The van der Waals surface area contributed by atoms with Crippen molar-refractivity contribution in [2.45, 2.75) is 30.0 Å². The van der Waals surface area contributed by atoms with E-state index in [9.17, 15) is 4.79 Å². The van der Waals surface area contributed by atoms with Crippen molar-refractivity contribution in [2.75, 3.05) is 11.9 Å². The van der Waals surface area contributed by atoms with Crippen LogP contribution in [-0.2, 0) is 4.79 Å². The minimum Gasteiger partial charge on any atom is -0.416 e. The first-order valence-electron chi connectivity index (χ1n) is 6.33. The molecule has 1 aromatic heterocycles. The quantitative estimate of drug-likeness (QED) is 0.898. The monoisotopic (exact) mass is 290 g/mol. The second-order valence-electron chi connectivity index (χ2n) is 4.42. The number of anilines is 1. The Labute approximate surface area is 120 Å². The lowest BCUT2D eigenvalue weighted by molar-refractivity contribution is -0.117. The number of fused-ring (bicyclic) bond motifs is 1. The summed E-state index contributed by atoms with van der Waals surface area (Å²) in [5, 5.41) is 14.3. The van der Waals surface area contributed by atoms with Crippen molar-refractivity contribution in [1.29, 1.82) is 0 Å². The standard InChI is InChI=1S/C13H14N4O2S/c1-3-14-11-9-5-4-8(6-10(9)15-12(11)18)20-13-17-16-7(2)19-13/h4-6,11,14H,3H2,1-2H3,(H,15,18). The van der Waals surface area contributed by atoms with E-state index < -0.39 is 0 Å². The summed E-state index contributed by atoms with van der Waals surface area (Å²) in [6, 6.07) is 5.56. The van der Waals surface area contributed by atoms with E-state index in [-0.39, 0.29) is 11.9 Å². The SMILES string of the molecule is CCNC1C(=O)Nc2cc(Sc3nnc(C)o3)ccc21. The molecule has 0 radical (unpaired) electrons. The smallest absolute Gasteiger partial charge is 0.281 e. The van der Waals surface area contributed by atoms with Crippen molar-refractivity contribution in [3.05, 3.63) is 29.7 Å². The summed E-state index contributed by atoms with van der Waals surface area (Å²) >= 11 is 1.38. The Bertz CT molecular complexity index is 656. The molecule has 2 aromatic rings. The minimum absolute atomic E-state index is 0.0161. The topological polar surface area (TPSA) is 80.0 Å². The molecule has 1 atom stereocenters. The Morgan fingerprint density at radius 2 is 2.30 bits per heavy atom. The normalized spacial score (nSPS) is 17.1.